The molecule has 0 fully saturated rings. The summed E-state index contributed by atoms with van der Waals surface area (Å²) in [6.07, 6.45) is -3.25. The van der Waals surface area contributed by atoms with Crippen LogP contribution in [0.15, 0.2) is 54.7 Å². The molecule has 0 aromatic carbocycles. The lowest BCUT2D eigenvalue weighted by molar-refractivity contribution is -0.141. The molecule has 4 aromatic heterocycles. The molecule has 0 saturated heterocycles. The Balaban J connectivity index is 1.85. The lowest BCUT2D eigenvalue weighted by Crippen LogP contribution is -2.23. The summed E-state index contributed by atoms with van der Waals surface area (Å²) in [5.41, 5.74) is 1.21. The molecule has 5 heterocycles. The molecule has 164 valence electrons. The van der Waals surface area contributed by atoms with Gasteiger partial charge in [-0.3, -0.25) is 4.98 Å². The highest BCUT2D eigenvalue weighted by atomic mass is 19.4. The van der Waals surface area contributed by atoms with E-state index in [0.717, 1.165) is 10.7 Å². The first-order valence-electron chi connectivity index (χ1n) is 9.97. The Kier molecular flexibility index (Phi) is 4.46. The van der Waals surface area contributed by atoms with Crippen molar-refractivity contribution < 1.29 is 13.2 Å². The number of nitriles is 1. The van der Waals surface area contributed by atoms with Crippen molar-refractivity contribution in [2.75, 3.05) is 5.32 Å². The molecule has 1 aliphatic heterocycles. The lowest BCUT2D eigenvalue weighted by atomic mass is 9.84. The first-order chi connectivity index (χ1) is 15.7. The minimum Gasteiger partial charge on any atom is -0.338 e. The van der Waals surface area contributed by atoms with E-state index in [1.165, 1.54) is 6.20 Å². The normalized spacial score (nSPS) is 14.1. The van der Waals surface area contributed by atoms with Crippen molar-refractivity contribution >= 4 is 11.5 Å². The van der Waals surface area contributed by atoms with E-state index in [1.807, 2.05) is 32.0 Å². The number of pyridine rings is 3. The van der Waals surface area contributed by atoms with Gasteiger partial charge in [0.2, 0.25) is 0 Å². The van der Waals surface area contributed by atoms with E-state index < -0.39 is 17.3 Å². The first-order valence-corrected chi connectivity index (χ1v) is 9.97. The Morgan fingerprint density at radius 2 is 1.76 bits per heavy atom. The highest BCUT2D eigenvalue weighted by Gasteiger charge is 2.36. The number of alkyl halides is 3. The van der Waals surface area contributed by atoms with E-state index >= 15 is 0 Å². The summed E-state index contributed by atoms with van der Waals surface area (Å²) in [5.74, 6) is 0.271. The van der Waals surface area contributed by atoms with Crippen molar-refractivity contribution in [3.63, 3.8) is 0 Å². The number of hydrogen-bond donors (Lipinski definition) is 1. The molecule has 4 bridgehead atoms. The average Bonchev–Trinajstić information content (AvgIpc) is 3.23. The lowest BCUT2D eigenvalue weighted by Gasteiger charge is -2.25. The maximum absolute atomic E-state index is 13.5. The van der Waals surface area contributed by atoms with Gasteiger partial charge >= 0.3 is 6.18 Å². The minimum atomic E-state index is -4.65. The predicted molar refractivity (Wildman–Crippen MR) is 114 cm³/mol. The van der Waals surface area contributed by atoms with E-state index in [4.69, 9.17) is 4.98 Å². The van der Waals surface area contributed by atoms with Gasteiger partial charge in [0.15, 0.2) is 11.5 Å². The smallest absolute Gasteiger partial charge is 0.338 e. The van der Waals surface area contributed by atoms with Crippen LogP contribution in [-0.4, -0.2) is 24.7 Å². The van der Waals surface area contributed by atoms with Gasteiger partial charge in [-0.25, -0.2) is 9.97 Å². The van der Waals surface area contributed by atoms with Gasteiger partial charge in [-0.15, -0.1) is 0 Å². The summed E-state index contributed by atoms with van der Waals surface area (Å²) in [7, 11) is 0. The number of halogens is 3. The van der Waals surface area contributed by atoms with Crippen LogP contribution in [-0.2, 0) is 11.6 Å². The van der Waals surface area contributed by atoms with E-state index in [0.29, 0.717) is 28.3 Å². The summed E-state index contributed by atoms with van der Waals surface area (Å²) >= 11 is 0. The van der Waals surface area contributed by atoms with Crippen molar-refractivity contribution in [1.82, 2.24) is 24.7 Å². The van der Waals surface area contributed by atoms with Crippen molar-refractivity contribution in [2.45, 2.75) is 25.4 Å². The molecule has 0 amide bonds. The summed E-state index contributed by atoms with van der Waals surface area (Å²) < 4.78 is 41.7. The second kappa shape index (κ2) is 7.13. The predicted octanol–water partition coefficient (Wildman–Crippen LogP) is 5.00. The zero-order valence-electron chi connectivity index (χ0n) is 17.5. The average molecular weight is 447 g/mol. The molecular weight excluding hydrogens is 431 g/mol. The van der Waals surface area contributed by atoms with Crippen molar-refractivity contribution in [2.24, 2.45) is 0 Å². The Morgan fingerprint density at radius 3 is 2.48 bits per heavy atom. The Hall–Kier alpha value is -4.26. The van der Waals surface area contributed by atoms with E-state index in [2.05, 4.69) is 20.4 Å². The quantitative estimate of drug-likeness (QED) is 0.408. The van der Waals surface area contributed by atoms with Gasteiger partial charge in [-0.2, -0.15) is 28.2 Å². The van der Waals surface area contributed by atoms with Gasteiger partial charge in [0, 0.05) is 17.0 Å². The molecule has 5 rings (SSSR count). The van der Waals surface area contributed by atoms with Crippen molar-refractivity contribution in [3.8, 4) is 23.1 Å². The molecule has 0 spiro atoms. The summed E-state index contributed by atoms with van der Waals surface area (Å²) in [6.45, 7) is 3.88. The van der Waals surface area contributed by atoms with Gasteiger partial charge < -0.3 is 5.32 Å². The highest BCUT2D eigenvalue weighted by molar-refractivity contribution is 5.79. The zero-order valence-corrected chi connectivity index (χ0v) is 17.5. The van der Waals surface area contributed by atoms with Crippen LogP contribution >= 0.6 is 0 Å². The van der Waals surface area contributed by atoms with Crippen LogP contribution in [0.3, 0.4) is 0 Å². The van der Waals surface area contributed by atoms with Crippen LogP contribution in [0.2, 0.25) is 0 Å². The molecule has 7 nitrogen and oxygen atoms in total. The van der Waals surface area contributed by atoms with Crippen LogP contribution in [0.4, 0.5) is 24.7 Å². The number of nitrogens with one attached hydrogen (secondary N) is 1. The molecule has 0 atom stereocenters. The second-order valence-electron chi connectivity index (χ2n) is 8.09. The SMILES string of the molecule is CC1(C)c2cccc(n2)-c2cc(C#N)ncc2Nc2cc(C(F)(F)F)nn2-c2cccc1n2. The number of aromatic nitrogens is 5. The fraction of sp³-hybridized carbons (Fsp3) is 0.174. The third-order valence-corrected chi connectivity index (χ3v) is 5.54. The molecule has 0 unspecified atom stereocenters. The molecule has 0 saturated carbocycles. The van der Waals surface area contributed by atoms with E-state index in [-0.39, 0.29) is 17.3 Å². The van der Waals surface area contributed by atoms with E-state index in [1.54, 1.807) is 30.3 Å². The number of nitrogens with zero attached hydrogens (tertiary/aromatic N) is 6. The van der Waals surface area contributed by atoms with Crippen LogP contribution in [0.5, 0.6) is 0 Å². The van der Waals surface area contributed by atoms with Crippen LogP contribution in [0, 0.1) is 11.3 Å². The topological polar surface area (TPSA) is 92.3 Å². The van der Waals surface area contributed by atoms with Gasteiger partial charge in [0.05, 0.1) is 29.0 Å². The third kappa shape index (κ3) is 3.47. The van der Waals surface area contributed by atoms with Crippen molar-refractivity contribution in [3.05, 3.63) is 77.5 Å². The molecule has 0 aliphatic carbocycles. The zero-order chi connectivity index (χ0) is 23.4. The van der Waals surface area contributed by atoms with Crippen molar-refractivity contribution in [1.29, 1.82) is 5.26 Å². The molecule has 33 heavy (non-hydrogen) atoms. The minimum absolute atomic E-state index is 0.0502. The van der Waals surface area contributed by atoms with Crippen LogP contribution in [0.25, 0.3) is 17.1 Å². The third-order valence-electron chi connectivity index (χ3n) is 5.54. The fourth-order valence-corrected chi connectivity index (χ4v) is 3.70. The number of anilines is 2. The maximum atomic E-state index is 13.5. The highest BCUT2D eigenvalue weighted by Crippen LogP contribution is 2.37. The Bertz CT molecular complexity index is 1430. The number of rotatable bonds is 0. The molecule has 1 aliphatic rings. The van der Waals surface area contributed by atoms with Gasteiger partial charge in [0.25, 0.3) is 0 Å². The van der Waals surface area contributed by atoms with Crippen LogP contribution in [0.1, 0.15) is 36.6 Å². The largest absolute Gasteiger partial charge is 0.435 e. The summed E-state index contributed by atoms with van der Waals surface area (Å²) in [6, 6.07) is 15.1. The molecule has 1 N–H and O–H groups in total. The van der Waals surface area contributed by atoms with Gasteiger partial charge in [-0.1, -0.05) is 12.1 Å². The van der Waals surface area contributed by atoms with Crippen LogP contribution < -0.4 is 5.32 Å². The molecule has 10 heteroatoms. The fourth-order valence-electron chi connectivity index (χ4n) is 3.70. The maximum Gasteiger partial charge on any atom is 0.435 e. The number of hydrogen-bond acceptors (Lipinski definition) is 6. The Labute approximate surface area is 186 Å². The molecule has 0 radical (unpaired) electrons. The summed E-state index contributed by atoms with van der Waals surface area (Å²) in [4.78, 5) is 13.5. The van der Waals surface area contributed by atoms with Gasteiger partial charge in [-0.05, 0) is 44.2 Å². The first kappa shape index (κ1) is 20.6. The number of fused-ring (bicyclic) bond motifs is 8. The van der Waals surface area contributed by atoms with Gasteiger partial charge in [0.1, 0.15) is 17.6 Å². The monoisotopic (exact) mass is 447 g/mol. The molecule has 4 aromatic rings. The summed E-state index contributed by atoms with van der Waals surface area (Å²) in [5, 5.41) is 16.1. The standard InChI is InChI=1S/C23H16F3N7/c1-22(2)17-6-3-5-15(29-17)14-9-13(11-27)28-12-16(14)30-21-10-19(23(24,25)26)32-33(21)20-8-4-7-18(22)31-20/h3-10,12,30H,1-2H3. The second-order valence-corrected chi connectivity index (χ2v) is 8.09. The Morgan fingerprint density at radius 1 is 1.03 bits per heavy atom. The molecular formula is C23H16F3N7. The van der Waals surface area contributed by atoms with E-state index in [9.17, 15) is 18.4 Å².